The van der Waals surface area contributed by atoms with E-state index in [9.17, 15) is 14.7 Å². The molecule has 0 heterocycles. The first-order chi connectivity index (χ1) is 14.7. The number of aliphatic hydroxyl groups excluding tert-OH is 1. The van der Waals surface area contributed by atoms with Crippen molar-refractivity contribution in [1.82, 2.24) is 10.2 Å². The third kappa shape index (κ3) is 6.23. The molecular formula is C25H33ClN2O3. The van der Waals surface area contributed by atoms with E-state index in [4.69, 9.17) is 11.6 Å². The molecule has 0 unspecified atom stereocenters. The average Bonchev–Trinajstić information content (AvgIpc) is 2.74. The topological polar surface area (TPSA) is 69.6 Å². The van der Waals surface area contributed by atoms with Gasteiger partial charge in [-0.25, -0.2) is 0 Å². The van der Waals surface area contributed by atoms with Crippen molar-refractivity contribution in [3.05, 3.63) is 70.5 Å². The van der Waals surface area contributed by atoms with Gasteiger partial charge < -0.3 is 15.3 Å². The number of halogens is 1. The van der Waals surface area contributed by atoms with Gasteiger partial charge >= 0.3 is 0 Å². The number of aryl methyl sites for hydroxylation is 1. The van der Waals surface area contributed by atoms with Crippen molar-refractivity contribution in [2.45, 2.75) is 51.5 Å². The SMILES string of the molecule is C=C(/C=C\C=C(/C)O)C1CCC(C(=O)NC)(N(C=O)CCc2ccc(C)cc2Cl)CC1. The summed E-state index contributed by atoms with van der Waals surface area (Å²) in [6, 6.07) is 5.89. The number of aliphatic hydroxyl groups is 1. The highest BCUT2D eigenvalue weighted by atomic mass is 35.5. The monoisotopic (exact) mass is 444 g/mol. The van der Waals surface area contributed by atoms with Crippen molar-refractivity contribution >= 4 is 23.9 Å². The minimum atomic E-state index is -0.865. The van der Waals surface area contributed by atoms with Gasteiger partial charge in [-0.15, -0.1) is 0 Å². The lowest BCUT2D eigenvalue weighted by Crippen LogP contribution is -2.60. The molecule has 2 N–H and O–H groups in total. The number of nitrogens with one attached hydrogen (secondary N) is 1. The Balaban J connectivity index is 2.13. The predicted molar refractivity (Wildman–Crippen MR) is 126 cm³/mol. The summed E-state index contributed by atoms with van der Waals surface area (Å²) in [7, 11) is 1.61. The van der Waals surface area contributed by atoms with Crippen LogP contribution in [0.15, 0.2) is 54.3 Å². The van der Waals surface area contributed by atoms with E-state index in [-0.39, 0.29) is 17.6 Å². The van der Waals surface area contributed by atoms with Crippen molar-refractivity contribution < 1.29 is 14.7 Å². The van der Waals surface area contributed by atoms with Gasteiger partial charge in [-0.3, -0.25) is 9.59 Å². The summed E-state index contributed by atoms with van der Waals surface area (Å²) in [5.41, 5.74) is 2.15. The van der Waals surface area contributed by atoms with Crippen LogP contribution in [-0.4, -0.2) is 41.5 Å². The van der Waals surface area contributed by atoms with Crippen LogP contribution < -0.4 is 5.32 Å². The fourth-order valence-corrected chi connectivity index (χ4v) is 4.58. The molecule has 168 valence electrons. The van der Waals surface area contributed by atoms with Crippen molar-refractivity contribution in [2.24, 2.45) is 5.92 Å². The first-order valence-electron chi connectivity index (χ1n) is 10.7. The van der Waals surface area contributed by atoms with Gasteiger partial charge in [-0.05, 0) is 75.1 Å². The van der Waals surface area contributed by atoms with Crippen molar-refractivity contribution in [2.75, 3.05) is 13.6 Å². The van der Waals surface area contributed by atoms with E-state index >= 15 is 0 Å². The van der Waals surface area contributed by atoms with E-state index in [1.165, 1.54) is 0 Å². The number of benzene rings is 1. The van der Waals surface area contributed by atoms with Gasteiger partial charge in [0.2, 0.25) is 12.3 Å². The number of nitrogens with zero attached hydrogens (tertiary/aromatic N) is 1. The Hall–Kier alpha value is -2.53. The molecule has 0 spiro atoms. The number of rotatable bonds is 9. The van der Waals surface area contributed by atoms with Gasteiger partial charge in [-0.2, -0.15) is 0 Å². The zero-order valence-electron chi connectivity index (χ0n) is 18.7. The Morgan fingerprint density at radius 3 is 2.61 bits per heavy atom. The number of hydrogen-bond donors (Lipinski definition) is 2. The Morgan fingerprint density at radius 2 is 2.06 bits per heavy atom. The molecule has 1 aromatic carbocycles. The minimum absolute atomic E-state index is 0.131. The fourth-order valence-electron chi connectivity index (χ4n) is 4.25. The van der Waals surface area contributed by atoms with Crippen molar-refractivity contribution in [3.63, 3.8) is 0 Å². The Labute approximate surface area is 190 Å². The van der Waals surface area contributed by atoms with Gasteiger partial charge in [0.1, 0.15) is 5.54 Å². The van der Waals surface area contributed by atoms with E-state index in [2.05, 4.69) is 11.9 Å². The van der Waals surface area contributed by atoms with E-state index in [1.54, 1.807) is 31.0 Å². The quantitative estimate of drug-likeness (QED) is 0.323. The van der Waals surface area contributed by atoms with Crippen LogP contribution in [0.5, 0.6) is 0 Å². The minimum Gasteiger partial charge on any atom is -0.513 e. The third-order valence-electron chi connectivity index (χ3n) is 6.14. The summed E-state index contributed by atoms with van der Waals surface area (Å²) in [6.45, 7) is 8.17. The number of hydrogen-bond acceptors (Lipinski definition) is 3. The maximum absolute atomic E-state index is 12.9. The van der Waals surface area contributed by atoms with E-state index in [1.807, 2.05) is 31.2 Å². The molecule has 2 amide bonds. The molecule has 1 aliphatic rings. The van der Waals surface area contributed by atoms with E-state index in [0.29, 0.717) is 30.8 Å². The second-order valence-corrected chi connectivity index (χ2v) is 8.68. The first kappa shape index (κ1) is 24.7. The molecule has 0 radical (unpaired) electrons. The number of amides is 2. The summed E-state index contributed by atoms with van der Waals surface area (Å²) in [5, 5.41) is 12.7. The predicted octanol–water partition coefficient (Wildman–Crippen LogP) is 4.90. The lowest BCUT2D eigenvalue weighted by atomic mass is 9.72. The first-order valence-corrected chi connectivity index (χ1v) is 11.0. The van der Waals surface area contributed by atoms with Crippen LogP contribution in [0.1, 0.15) is 43.7 Å². The number of likely N-dealkylation sites (N-methyl/N-ethyl adjacent to an activating group) is 1. The molecule has 0 atom stereocenters. The molecule has 0 bridgehead atoms. The van der Waals surface area contributed by atoms with Crippen molar-refractivity contribution in [1.29, 1.82) is 0 Å². The van der Waals surface area contributed by atoms with Gasteiger partial charge in [-0.1, -0.05) is 48.0 Å². The zero-order valence-corrected chi connectivity index (χ0v) is 19.4. The second-order valence-electron chi connectivity index (χ2n) is 8.27. The molecule has 6 heteroatoms. The smallest absolute Gasteiger partial charge is 0.245 e. The number of carbonyl (C=O) groups excluding carboxylic acids is 2. The van der Waals surface area contributed by atoms with Gasteiger partial charge in [0.15, 0.2) is 0 Å². The van der Waals surface area contributed by atoms with E-state index in [0.717, 1.165) is 36.0 Å². The Morgan fingerprint density at radius 1 is 1.39 bits per heavy atom. The molecule has 0 saturated heterocycles. The molecule has 31 heavy (non-hydrogen) atoms. The molecule has 1 saturated carbocycles. The highest BCUT2D eigenvalue weighted by molar-refractivity contribution is 6.31. The molecule has 2 rings (SSSR count). The molecule has 1 aromatic rings. The molecule has 1 aliphatic carbocycles. The van der Waals surface area contributed by atoms with Crippen LogP contribution in [0.4, 0.5) is 0 Å². The largest absolute Gasteiger partial charge is 0.513 e. The molecular weight excluding hydrogens is 412 g/mol. The normalized spacial score (nSPS) is 21.7. The summed E-state index contributed by atoms with van der Waals surface area (Å²) >= 11 is 6.36. The van der Waals surface area contributed by atoms with Crippen LogP contribution in [0.25, 0.3) is 0 Å². The standard InChI is InChI=1S/C25H33ClN2O3/c1-18-8-9-22(23(26)16-18)12-15-28(17-29)25(24(31)27-4)13-10-21(11-14-25)19(2)6-5-7-20(3)30/h5-9,16-17,21,30H,2,10-15H2,1,3-4H3,(H,27,31)/b6-5-,20-7+. The third-order valence-corrected chi connectivity index (χ3v) is 6.49. The lowest BCUT2D eigenvalue weighted by Gasteiger charge is -2.45. The maximum Gasteiger partial charge on any atom is 0.245 e. The zero-order chi connectivity index (χ0) is 23.0. The van der Waals surface area contributed by atoms with Crippen LogP contribution >= 0.6 is 11.6 Å². The molecule has 0 aromatic heterocycles. The number of carbonyl (C=O) groups is 2. The Bertz CT molecular complexity index is 864. The molecule has 1 fully saturated rings. The average molecular weight is 445 g/mol. The van der Waals surface area contributed by atoms with Crippen molar-refractivity contribution in [3.8, 4) is 0 Å². The highest BCUT2D eigenvalue weighted by Gasteiger charge is 2.45. The van der Waals surface area contributed by atoms with Crippen LogP contribution in [0.2, 0.25) is 5.02 Å². The van der Waals surface area contributed by atoms with Crippen LogP contribution in [-0.2, 0) is 16.0 Å². The maximum atomic E-state index is 12.9. The van der Waals surface area contributed by atoms with Gasteiger partial charge in [0.05, 0.1) is 5.76 Å². The second kappa shape index (κ2) is 11.2. The lowest BCUT2D eigenvalue weighted by molar-refractivity contribution is -0.143. The summed E-state index contributed by atoms with van der Waals surface area (Å²) in [4.78, 5) is 26.6. The summed E-state index contributed by atoms with van der Waals surface area (Å²) in [5.74, 6) is 0.344. The summed E-state index contributed by atoms with van der Waals surface area (Å²) in [6.07, 6.45) is 9.33. The fraction of sp³-hybridized carbons (Fsp3) is 0.440. The molecule has 5 nitrogen and oxygen atoms in total. The number of allylic oxidation sites excluding steroid dienone is 5. The Kier molecular flexibility index (Phi) is 8.93. The summed E-state index contributed by atoms with van der Waals surface area (Å²) < 4.78 is 0. The van der Waals surface area contributed by atoms with Gasteiger partial charge in [0.25, 0.3) is 0 Å². The highest BCUT2D eigenvalue weighted by Crippen LogP contribution is 2.39. The molecule has 0 aliphatic heterocycles. The van der Waals surface area contributed by atoms with E-state index < -0.39 is 5.54 Å². The van der Waals surface area contributed by atoms with Crippen LogP contribution in [0.3, 0.4) is 0 Å². The van der Waals surface area contributed by atoms with Gasteiger partial charge in [0, 0.05) is 18.6 Å². The van der Waals surface area contributed by atoms with Crippen LogP contribution in [0, 0.1) is 12.8 Å².